The van der Waals surface area contributed by atoms with E-state index in [1.54, 1.807) is 30.3 Å². The van der Waals surface area contributed by atoms with Crippen LogP contribution in [0, 0.1) is 5.92 Å². The summed E-state index contributed by atoms with van der Waals surface area (Å²) in [7, 11) is 0. The van der Waals surface area contributed by atoms with Crippen LogP contribution in [0.4, 0.5) is 0 Å². The molecule has 0 aromatic heterocycles. The first-order valence-corrected chi connectivity index (χ1v) is 13.3. The van der Waals surface area contributed by atoms with E-state index in [1.807, 2.05) is 44.2 Å². The second kappa shape index (κ2) is 13.9. The molecule has 0 aliphatic carbocycles. The first-order chi connectivity index (χ1) is 17.7. The molecule has 3 aromatic carbocycles. The zero-order valence-corrected chi connectivity index (χ0v) is 23.5. The SMILES string of the molecule is CC(C)CNC(=O)[C@@H](Cc1ccccc1)N(Cc1c(Cl)cccc1Cl)C(=O)COc1ccc(Cl)cc1Cl. The molecular formula is C28H28Cl4N2O3. The molecule has 0 saturated heterocycles. The van der Waals surface area contributed by atoms with E-state index in [9.17, 15) is 9.59 Å². The molecule has 1 N–H and O–H groups in total. The normalized spacial score (nSPS) is 11.8. The smallest absolute Gasteiger partial charge is 0.261 e. The molecule has 0 saturated carbocycles. The number of carbonyl (C=O) groups excluding carboxylic acids is 2. The van der Waals surface area contributed by atoms with E-state index in [0.717, 1.165) is 5.56 Å². The molecule has 0 fully saturated rings. The molecule has 0 heterocycles. The lowest BCUT2D eigenvalue weighted by molar-refractivity contribution is -0.142. The van der Waals surface area contributed by atoms with Gasteiger partial charge in [0.2, 0.25) is 5.91 Å². The van der Waals surface area contributed by atoms with Crippen molar-refractivity contribution in [1.82, 2.24) is 10.2 Å². The van der Waals surface area contributed by atoms with Gasteiger partial charge < -0.3 is 15.0 Å². The first-order valence-electron chi connectivity index (χ1n) is 11.8. The predicted octanol–water partition coefficient (Wildman–Crippen LogP) is 7.09. The highest BCUT2D eigenvalue weighted by atomic mass is 35.5. The number of amides is 2. The zero-order valence-electron chi connectivity index (χ0n) is 20.5. The second-order valence-electron chi connectivity index (χ2n) is 8.93. The number of rotatable bonds is 11. The van der Waals surface area contributed by atoms with Gasteiger partial charge in [-0.05, 0) is 41.8 Å². The molecule has 3 aromatic rings. The third kappa shape index (κ3) is 8.54. The highest BCUT2D eigenvalue weighted by Gasteiger charge is 2.31. The Morgan fingerprint density at radius 2 is 1.57 bits per heavy atom. The Morgan fingerprint density at radius 1 is 0.892 bits per heavy atom. The van der Waals surface area contributed by atoms with Gasteiger partial charge in [0, 0.05) is 40.1 Å². The minimum Gasteiger partial charge on any atom is -0.482 e. The maximum absolute atomic E-state index is 13.7. The van der Waals surface area contributed by atoms with Crippen molar-refractivity contribution in [2.45, 2.75) is 32.9 Å². The average Bonchev–Trinajstić information content (AvgIpc) is 2.86. The molecule has 196 valence electrons. The molecule has 1 atom stereocenters. The lowest BCUT2D eigenvalue weighted by Gasteiger charge is -2.32. The van der Waals surface area contributed by atoms with Crippen LogP contribution in [0.15, 0.2) is 66.7 Å². The fourth-order valence-electron chi connectivity index (χ4n) is 3.64. The Labute approximate surface area is 237 Å². The lowest BCUT2D eigenvalue weighted by atomic mass is 10.0. The summed E-state index contributed by atoms with van der Waals surface area (Å²) >= 11 is 25.1. The van der Waals surface area contributed by atoms with Crippen molar-refractivity contribution in [3.05, 3.63) is 97.9 Å². The quantitative estimate of drug-likeness (QED) is 0.263. The summed E-state index contributed by atoms with van der Waals surface area (Å²) in [5.41, 5.74) is 1.44. The minimum absolute atomic E-state index is 0.0155. The number of halogens is 4. The zero-order chi connectivity index (χ0) is 26.9. The fraction of sp³-hybridized carbons (Fsp3) is 0.286. The lowest BCUT2D eigenvalue weighted by Crippen LogP contribution is -2.52. The van der Waals surface area contributed by atoms with Crippen molar-refractivity contribution in [3.63, 3.8) is 0 Å². The predicted molar refractivity (Wildman–Crippen MR) is 151 cm³/mol. The average molecular weight is 582 g/mol. The van der Waals surface area contributed by atoms with Gasteiger partial charge in [0.15, 0.2) is 6.61 Å². The molecule has 37 heavy (non-hydrogen) atoms. The summed E-state index contributed by atoms with van der Waals surface area (Å²) in [4.78, 5) is 28.6. The molecule has 2 amide bonds. The Bertz CT molecular complexity index is 1200. The third-order valence-corrected chi connectivity index (χ3v) is 6.83. The van der Waals surface area contributed by atoms with Gasteiger partial charge in [0.1, 0.15) is 11.8 Å². The van der Waals surface area contributed by atoms with Gasteiger partial charge in [-0.15, -0.1) is 0 Å². The maximum Gasteiger partial charge on any atom is 0.261 e. The highest BCUT2D eigenvalue weighted by Crippen LogP contribution is 2.29. The van der Waals surface area contributed by atoms with E-state index in [1.165, 1.54) is 11.0 Å². The second-order valence-corrected chi connectivity index (χ2v) is 10.6. The van der Waals surface area contributed by atoms with E-state index in [4.69, 9.17) is 51.1 Å². The van der Waals surface area contributed by atoms with Crippen molar-refractivity contribution >= 4 is 58.2 Å². The van der Waals surface area contributed by atoms with Crippen molar-refractivity contribution in [3.8, 4) is 5.75 Å². The molecular weight excluding hydrogens is 554 g/mol. The number of ether oxygens (including phenoxy) is 1. The van der Waals surface area contributed by atoms with Crippen LogP contribution in [0.25, 0.3) is 0 Å². The maximum atomic E-state index is 13.7. The molecule has 9 heteroatoms. The van der Waals surface area contributed by atoms with Crippen LogP contribution in [0.3, 0.4) is 0 Å². The van der Waals surface area contributed by atoms with Gasteiger partial charge in [-0.3, -0.25) is 9.59 Å². The van der Waals surface area contributed by atoms with Crippen LogP contribution in [-0.2, 0) is 22.6 Å². The number of nitrogens with one attached hydrogen (secondary N) is 1. The Morgan fingerprint density at radius 3 is 2.19 bits per heavy atom. The Kier molecular flexibility index (Phi) is 11.0. The fourth-order valence-corrected chi connectivity index (χ4v) is 4.62. The number of carbonyl (C=O) groups is 2. The monoisotopic (exact) mass is 580 g/mol. The van der Waals surface area contributed by atoms with Crippen LogP contribution in [0.5, 0.6) is 5.75 Å². The van der Waals surface area contributed by atoms with E-state index in [-0.39, 0.29) is 30.0 Å². The summed E-state index contributed by atoms with van der Waals surface area (Å²) in [5.74, 6) is -0.167. The molecule has 5 nitrogen and oxygen atoms in total. The molecule has 0 spiro atoms. The van der Waals surface area contributed by atoms with Crippen LogP contribution < -0.4 is 10.1 Å². The summed E-state index contributed by atoms with van der Waals surface area (Å²) in [5, 5.41) is 4.48. The van der Waals surface area contributed by atoms with E-state index in [2.05, 4.69) is 5.32 Å². The van der Waals surface area contributed by atoms with Crippen molar-refractivity contribution in [2.75, 3.05) is 13.2 Å². The summed E-state index contributed by atoms with van der Waals surface area (Å²) in [6.07, 6.45) is 0.292. The van der Waals surface area contributed by atoms with E-state index < -0.39 is 11.9 Å². The molecule has 3 rings (SSSR count). The highest BCUT2D eigenvalue weighted by molar-refractivity contribution is 6.36. The van der Waals surface area contributed by atoms with Gasteiger partial charge in [-0.2, -0.15) is 0 Å². The van der Waals surface area contributed by atoms with Gasteiger partial charge >= 0.3 is 0 Å². The van der Waals surface area contributed by atoms with Gasteiger partial charge in [-0.1, -0.05) is 96.6 Å². The van der Waals surface area contributed by atoms with Crippen molar-refractivity contribution in [2.24, 2.45) is 5.92 Å². The number of hydrogen-bond donors (Lipinski definition) is 1. The van der Waals surface area contributed by atoms with E-state index in [0.29, 0.717) is 39.3 Å². The molecule has 0 radical (unpaired) electrons. The minimum atomic E-state index is -0.842. The van der Waals surface area contributed by atoms with Gasteiger partial charge in [0.05, 0.1) is 5.02 Å². The Balaban J connectivity index is 1.96. The number of nitrogens with zero attached hydrogens (tertiary/aromatic N) is 1. The third-order valence-electron chi connectivity index (χ3n) is 5.59. The van der Waals surface area contributed by atoms with E-state index >= 15 is 0 Å². The molecule has 0 aliphatic heterocycles. The number of hydrogen-bond acceptors (Lipinski definition) is 3. The largest absolute Gasteiger partial charge is 0.482 e. The first kappa shape index (κ1) is 29.1. The molecule has 0 bridgehead atoms. The molecule has 0 aliphatic rings. The Hall–Kier alpha value is -2.44. The molecule has 0 unspecified atom stereocenters. The summed E-state index contributed by atoms with van der Waals surface area (Å²) < 4.78 is 5.73. The van der Waals surface area contributed by atoms with Crippen LogP contribution in [-0.4, -0.2) is 35.9 Å². The standard InChI is InChI=1S/C28H28Cl4N2O3/c1-18(2)15-33-28(36)25(13-19-7-4-3-5-8-19)34(16-21-22(30)9-6-10-23(21)31)27(35)17-37-26-12-11-20(29)14-24(26)32/h3-12,14,18,25H,13,15-17H2,1-2H3,(H,33,36)/t25-/m1/s1. The summed E-state index contributed by atoms with van der Waals surface area (Å²) in [6.45, 7) is 4.13. The topological polar surface area (TPSA) is 58.6 Å². The van der Waals surface area contributed by atoms with Crippen LogP contribution in [0.1, 0.15) is 25.0 Å². The van der Waals surface area contributed by atoms with Gasteiger partial charge in [0.25, 0.3) is 5.91 Å². The van der Waals surface area contributed by atoms with Gasteiger partial charge in [-0.25, -0.2) is 0 Å². The van der Waals surface area contributed by atoms with Crippen molar-refractivity contribution in [1.29, 1.82) is 0 Å². The number of benzene rings is 3. The van der Waals surface area contributed by atoms with Crippen LogP contribution in [0.2, 0.25) is 20.1 Å². The summed E-state index contributed by atoms with van der Waals surface area (Å²) in [6, 6.07) is 18.5. The van der Waals surface area contributed by atoms with Crippen molar-refractivity contribution < 1.29 is 14.3 Å². The van der Waals surface area contributed by atoms with Crippen LogP contribution >= 0.6 is 46.4 Å².